The zero-order valence-electron chi connectivity index (χ0n) is 8.56. The van der Waals surface area contributed by atoms with Gasteiger partial charge < -0.3 is 0 Å². The van der Waals surface area contributed by atoms with E-state index in [0.717, 1.165) is 4.90 Å². The summed E-state index contributed by atoms with van der Waals surface area (Å²) in [7, 11) is 0. The molecule has 78 valence electrons. The second-order valence-electron chi connectivity index (χ2n) is 3.25. The van der Waals surface area contributed by atoms with E-state index < -0.39 is 4.92 Å². The number of hydrogen-bond acceptors (Lipinski definition) is 3. The Morgan fingerprint density at radius 1 is 1.53 bits per heavy atom. The topological polar surface area (TPSA) is 43.1 Å². The van der Waals surface area contributed by atoms with E-state index in [2.05, 4.69) is 5.92 Å². The molecule has 3 nitrogen and oxygen atoms in total. The van der Waals surface area contributed by atoms with Gasteiger partial charge in [0.05, 0.1) is 4.92 Å². The minimum atomic E-state index is -0.440. The Labute approximate surface area is 93.0 Å². The van der Waals surface area contributed by atoms with Crippen LogP contribution < -0.4 is 0 Å². The van der Waals surface area contributed by atoms with Crippen LogP contribution in [0.3, 0.4) is 0 Å². The third kappa shape index (κ3) is 3.00. The maximum Gasteiger partial charge on any atom is 0.270 e. The average Bonchev–Trinajstić information content (AvgIpc) is 2.17. The molecule has 0 saturated carbocycles. The smallest absolute Gasteiger partial charge is 0.258 e. The molecular formula is C11H11NO2S. The van der Waals surface area contributed by atoms with Crippen LogP contribution in [0, 0.1) is 22.5 Å². The lowest BCUT2D eigenvalue weighted by Gasteiger charge is -2.06. The summed E-state index contributed by atoms with van der Waals surface area (Å²) in [5.41, 5.74) is 0.624. The van der Waals surface area contributed by atoms with Gasteiger partial charge in [0.25, 0.3) is 5.69 Å². The summed E-state index contributed by atoms with van der Waals surface area (Å²) in [6, 6.07) is 4.62. The highest BCUT2D eigenvalue weighted by molar-refractivity contribution is 8.00. The quantitative estimate of drug-likeness (QED) is 0.341. The van der Waals surface area contributed by atoms with E-state index in [1.807, 2.05) is 13.8 Å². The molecule has 0 aliphatic heterocycles. The summed E-state index contributed by atoms with van der Waals surface area (Å²) in [5, 5.41) is 10.9. The summed E-state index contributed by atoms with van der Waals surface area (Å²) in [5.74, 6) is 2.47. The van der Waals surface area contributed by atoms with Crippen LogP contribution in [0.25, 0.3) is 0 Å². The van der Waals surface area contributed by atoms with E-state index >= 15 is 0 Å². The van der Waals surface area contributed by atoms with Crippen LogP contribution in [0.2, 0.25) is 0 Å². The molecule has 1 aromatic rings. The van der Waals surface area contributed by atoms with E-state index in [1.54, 1.807) is 17.8 Å². The normalized spacial score (nSPS) is 10.0. The molecule has 0 fully saturated rings. The van der Waals surface area contributed by atoms with Crippen molar-refractivity contribution in [3.05, 3.63) is 33.9 Å². The van der Waals surface area contributed by atoms with Gasteiger partial charge in [-0.05, 0) is 6.07 Å². The van der Waals surface area contributed by atoms with Gasteiger partial charge in [-0.1, -0.05) is 19.8 Å². The summed E-state index contributed by atoms with van der Waals surface area (Å²) in [6.07, 6.45) is 5.31. The predicted molar refractivity (Wildman–Crippen MR) is 62.0 cm³/mol. The molecule has 15 heavy (non-hydrogen) atoms. The number of hydrogen-bond donors (Lipinski definition) is 0. The van der Waals surface area contributed by atoms with Gasteiger partial charge in [-0.2, -0.15) is 0 Å². The van der Waals surface area contributed by atoms with Gasteiger partial charge in [0, 0.05) is 27.8 Å². The average molecular weight is 221 g/mol. The zero-order valence-corrected chi connectivity index (χ0v) is 9.38. The van der Waals surface area contributed by atoms with Gasteiger partial charge in [0.1, 0.15) is 0 Å². The number of nitro benzene ring substituents is 1. The van der Waals surface area contributed by atoms with Crippen molar-refractivity contribution in [1.82, 2.24) is 0 Å². The molecule has 1 aromatic carbocycles. The van der Waals surface area contributed by atoms with Crippen molar-refractivity contribution in [1.29, 1.82) is 0 Å². The van der Waals surface area contributed by atoms with E-state index in [1.165, 1.54) is 12.1 Å². The summed E-state index contributed by atoms with van der Waals surface area (Å²) < 4.78 is 0. The third-order valence-electron chi connectivity index (χ3n) is 1.69. The minimum Gasteiger partial charge on any atom is -0.258 e. The van der Waals surface area contributed by atoms with Crippen LogP contribution in [0.4, 0.5) is 5.69 Å². The van der Waals surface area contributed by atoms with Crippen LogP contribution in [-0.2, 0) is 0 Å². The Hall–Kier alpha value is -1.47. The van der Waals surface area contributed by atoms with E-state index in [-0.39, 0.29) is 5.69 Å². The van der Waals surface area contributed by atoms with Crippen LogP contribution in [0.5, 0.6) is 0 Å². The van der Waals surface area contributed by atoms with Gasteiger partial charge in [-0.3, -0.25) is 10.1 Å². The van der Waals surface area contributed by atoms with Crippen molar-refractivity contribution in [2.24, 2.45) is 0 Å². The SMILES string of the molecule is C#Cc1cc([N+](=O)[O-])ccc1SC(C)C. The van der Waals surface area contributed by atoms with Crippen LogP contribution in [0.1, 0.15) is 19.4 Å². The Balaban J connectivity index is 3.11. The van der Waals surface area contributed by atoms with Gasteiger partial charge in [0.15, 0.2) is 0 Å². The molecule has 0 amide bonds. The molecule has 0 saturated heterocycles. The number of thioether (sulfide) groups is 1. The minimum absolute atomic E-state index is 0.0380. The first-order valence-corrected chi connectivity index (χ1v) is 5.34. The fourth-order valence-corrected chi connectivity index (χ4v) is 2.00. The molecule has 0 bridgehead atoms. The Morgan fingerprint density at radius 3 is 2.67 bits per heavy atom. The number of nitro groups is 1. The molecule has 0 aliphatic carbocycles. The maximum atomic E-state index is 10.5. The molecular weight excluding hydrogens is 210 g/mol. The number of benzene rings is 1. The summed E-state index contributed by atoms with van der Waals surface area (Å²) in [6.45, 7) is 4.10. The molecule has 0 N–H and O–H groups in total. The van der Waals surface area contributed by atoms with Gasteiger partial charge in [-0.25, -0.2) is 0 Å². The number of terminal acetylenes is 1. The lowest BCUT2D eigenvalue weighted by molar-refractivity contribution is -0.384. The van der Waals surface area contributed by atoms with E-state index in [0.29, 0.717) is 10.8 Å². The molecule has 0 unspecified atom stereocenters. The molecule has 1 rings (SSSR count). The monoisotopic (exact) mass is 221 g/mol. The van der Waals surface area contributed by atoms with Crippen molar-refractivity contribution >= 4 is 17.4 Å². The molecule has 0 spiro atoms. The number of nitrogens with zero attached hydrogens (tertiary/aromatic N) is 1. The van der Waals surface area contributed by atoms with Crippen LogP contribution in [0.15, 0.2) is 23.1 Å². The fraction of sp³-hybridized carbons (Fsp3) is 0.273. The highest BCUT2D eigenvalue weighted by Crippen LogP contribution is 2.28. The highest BCUT2D eigenvalue weighted by atomic mass is 32.2. The molecule has 0 aliphatic rings. The molecule has 0 radical (unpaired) electrons. The van der Waals surface area contributed by atoms with Crippen LogP contribution in [-0.4, -0.2) is 10.2 Å². The fourth-order valence-electron chi connectivity index (χ4n) is 1.10. The Kier molecular flexibility index (Phi) is 3.75. The van der Waals surface area contributed by atoms with Crippen molar-refractivity contribution < 1.29 is 4.92 Å². The lowest BCUT2D eigenvalue weighted by atomic mass is 10.2. The van der Waals surface area contributed by atoms with E-state index in [9.17, 15) is 10.1 Å². The Morgan fingerprint density at radius 2 is 2.20 bits per heavy atom. The zero-order chi connectivity index (χ0) is 11.4. The molecule has 0 atom stereocenters. The summed E-state index contributed by atoms with van der Waals surface area (Å²) >= 11 is 1.60. The first-order valence-electron chi connectivity index (χ1n) is 4.46. The third-order valence-corrected chi connectivity index (χ3v) is 2.77. The molecule has 0 heterocycles. The van der Waals surface area contributed by atoms with Crippen LogP contribution >= 0.6 is 11.8 Å². The van der Waals surface area contributed by atoms with E-state index in [4.69, 9.17) is 6.42 Å². The predicted octanol–water partition coefficient (Wildman–Crippen LogP) is 3.08. The van der Waals surface area contributed by atoms with Gasteiger partial charge in [0.2, 0.25) is 0 Å². The number of rotatable bonds is 3. The van der Waals surface area contributed by atoms with Crippen molar-refractivity contribution in [3.63, 3.8) is 0 Å². The standard InChI is InChI=1S/C11H11NO2S/c1-4-9-7-10(12(13)14)5-6-11(9)15-8(2)3/h1,5-8H,2-3H3. The van der Waals surface area contributed by atoms with Crippen molar-refractivity contribution in [3.8, 4) is 12.3 Å². The lowest BCUT2D eigenvalue weighted by Crippen LogP contribution is -1.92. The van der Waals surface area contributed by atoms with Crippen molar-refractivity contribution in [2.75, 3.05) is 0 Å². The van der Waals surface area contributed by atoms with Gasteiger partial charge >= 0.3 is 0 Å². The number of non-ortho nitro benzene ring substituents is 1. The second kappa shape index (κ2) is 4.85. The molecule has 4 heteroatoms. The molecule has 0 aromatic heterocycles. The first kappa shape index (κ1) is 11.6. The maximum absolute atomic E-state index is 10.5. The Bertz CT molecular complexity index is 421. The first-order chi connectivity index (χ1) is 7.04. The second-order valence-corrected chi connectivity index (χ2v) is 4.87. The largest absolute Gasteiger partial charge is 0.270 e. The van der Waals surface area contributed by atoms with Crippen molar-refractivity contribution in [2.45, 2.75) is 24.0 Å². The summed E-state index contributed by atoms with van der Waals surface area (Å²) in [4.78, 5) is 11.0. The highest BCUT2D eigenvalue weighted by Gasteiger charge is 2.10. The van der Waals surface area contributed by atoms with Gasteiger partial charge in [-0.15, -0.1) is 18.2 Å².